The Kier molecular flexibility index (Phi) is 9.05. The Bertz CT molecular complexity index is 1560. The first kappa shape index (κ1) is 28.4. The summed E-state index contributed by atoms with van der Waals surface area (Å²) in [4.78, 5) is 32.0. The summed E-state index contributed by atoms with van der Waals surface area (Å²) in [7, 11) is 0. The quantitative estimate of drug-likeness (QED) is 0.0523. The van der Waals surface area contributed by atoms with E-state index < -0.39 is 17.7 Å². The highest BCUT2D eigenvalue weighted by Gasteiger charge is 2.48. The van der Waals surface area contributed by atoms with Crippen molar-refractivity contribution in [2.24, 2.45) is 0 Å². The number of thioether (sulfide) groups is 1. The minimum Gasteiger partial charge on any atom is -0.507 e. The van der Waals surface area contributed by atoms with Gasteiger partial charge in [0.1, 0.15) is 17.3 Å². The van der Waals surface area contributed by atoms with Gasteiger partial charge in [0.05, 0.1) is 18.2 Å². The number of carbonyl (C=O) groups is 2. The molecule has 8 nitrogen and oxygen atoms in total. The van der Waals surface area contributed by atoms with E-state index in [0.29, 0.717) is 39.1 Å². The second kappa shape index (κ2) is 13.0. The van der Waals surface area contributed by atoms with Crippen LogP contribution in [0, 0.1) is 5.82 Å². The van der Waals surface area contributed by atoms with Gasteiger partial charge < -0.3 is 9.84 Å². The first-order chi connectivity index (χ1) is 20.0. The molecule has 0 bridgehead atoms. The van der Waals surface area contributed by atoms with Crippen molar-refractivity contribution in [1.29, 1.82) is 0 Å². The lowest BCUT2D eigenvalue weighted by molar-refractivity contribution is -0.132. The van der Waals surface area contributed by atoms with Crippen molar-refractivity contribution in [3.05, 3.63) is 101 Å². The van der Waals surface area contributed by atoms with Crippen LogP contribution in [0.3, 0.4) is 0 Å². The van der Waals surface area contributed by atoms with Crippen LogP contribution in [-0.2, 0) is 15.3 Å². The van der Waals surface area contributed by atoms with E-state index in [2.05, 4.69) is 22.1 Å². The Balaban J connectivity index is 1.48. The van der Waals surface area contributed by atoms with E-state index in [9.17, 15) is 19.1 Å². The molecule has 2 aromatic heterocycles. The highest BCUT2D eigenvalue weighted by molar-refractivity contribution is 8.00. The third kappa shape index (κ3) is 6.31. The number of rotatable bonds is 11. The van der Waals surface area contributed by atoms with Gasteiger partial charge >= 0.3 is 5.91 Å². The molecule has 0 aliphatic carbocycles. The average molecular weight is 591 g/mol. The van der Waals surface area contributed by atoms with Gasteiger partial charge in [0.2, 0.25) is 5.13 Å². The van der Waals surface area contributed by atoms with Gasteiger partial charge in [-0.2, -0.15) is 0 Å². The van der Waals surface area contributed by atoms with Crippen molar-refractivity contribution in [2.75, 3.05) is 11.5 Å². The molecule has 3 heterocycles. The van der Waals surface area contributed by atoms with Crippen LogP contribution >= 0.6 is 23.1 Å². The first-order valence-corrected chi connectivity index (χ1v) is 14.9. The van der Waals surface area contributed by atoms with E-state index in [0.717, 1.165) is 30.6 Å². The summed E-state index contributed by atoms with van der Waals surface area (Å²) in [5.41, 5.74) is 1.41. The largest absolute Gasteiger partial charge is 0.507 e. The first-order valence-electron chi connectivity index (χ1n) is 13.1. The average Bonchev–Trinajstić information content (AvgIpc) is 3.57. The zero-order chi connectivity index (χ0) is 28.8. The number of halogens is 1. The van der Waals surface area contributed by atoms with Crippen LogP contribution in [0.1, 0.15) is 48.9 Å². The Morgan fingerprint density at radius 3 is 2.54 bits per heavy atom. The van der Waals surface area contributed by atoms with E-state index in [1.165, 1.54) is 35.1 Å². The normalized spacial score (nSPS) is 16.3. The smallest absolute Gasteiger partial charge is 0.301 e. The van der Waals surface area contributed by atoms with E-state index in [-0.39, 0.29) is 22.3 Å². The number of carbonyl (C=O) groups excluding carboxylic acids is 2. The lowest BCUT2D eigenvalue weighted by Gasteiger charge is -2.22. The van der Waals surface area contributed by atoms with E-state index in [1.54, 1.807) is 54.6 Å². The number of ether oxygens (including phenoxy) is 1. The summed E-state index contributed by atoms with van der Waals surface area (Å²) in [6, 6.07) is 15.8. The number of pyridine rings is 1. The third-order valence-electron chi connectivity index (χ3n) is 6.52. The molecule has 0 saturated carbocycles. The standard InChI is InChI=1S/C30H27FN4O4S2/c1-2-3-6-17-39-22-11-9-19(10-12-22)25-24(26(36)20-13-15-32-16-14-20)27(37)28(38)35(25)29-33-34-30(41-29)40-18-21-7-4-5-8-23(21)31/h4-5,7-16,25,36H,2-3,6,17-18H2,1H3. The summed E-state index contributed by atoms with van der Waals surface area (Å²) in [6.07, 6.45) is 6.10. The number of amides is 1. The van der Waals surface area contributed by atoms with E-state index in [4.69, 9.17) is 4.74 Å². The van der Waals surface area contributed by atoms with Crippen LogP contribution in [-0.4, -0.2) is 38.6 Å². The van der Waals surface area contributed by atoms with Gasteiger partial charge in [-0.3, -0.25) is 19.5 Å². The summed E-state index contributed by atoms with van der Waals surface area (Å²) >= 11 is 2.40. The van der Waals surface area contributed by atoms with Gasteiger partial charge in [-0.1, -0.05) is 73.2 Å². The van der Waals surface area contributed by atoms with Crippen molar-refractivity contribution < 1.29 is 23.8 Å². The molecule has 41 heavy (non-hydrogen) atoms. The molecular weight excluding hydrogens is 563 g/mol. The summed E-state index contributed by atoms with van der Waals surface area (Å²) in [5, 5.41) is 19.8. The van der Waals surface area contributed by atoms with Crippen molar-refractivity contribution in [3.8, 4) is 5.75 Å². The molecular formula is C30H27FN4O4S2. The summed E-state index contributed by atoms with van der Waals surface area (Å²) in [5.74, 6) is -1.29. The molecule has 4 aromatic rings. The molecule has 5 rings (SSSR count). The molecule has 1 aliphatic rings. The van der Waals surface area contributed by atoms with E-state index in [1.807, 2.05) is 0 Å². The molecule has 1 atom stereocenters. The fourth-order valence-corrected chi connectivity index (χ4v) is 6.27. The maximum absolute atomic E-state index is 14.1. The van der Waals surface area contributed by atoms with Gasteiger partial charge in [-0.25, -0.2) is 4.39 Å². The number of aromatic nitrogens is 3. The minimum atomic E-state index is -0.949. The Morgan fingerprint density at radius 2 is 1.80 bits per heavy atom. The molecule has 1 unspecified atom stereocenters. The Labute approximate surface area is 244 Å². The van der Waals surface area contributed by atoms with Crippen LogP contribution in [0.25, 0.3) is 5.76 Å². The lowest BCUT2D eigenvalue weighted by Crippen LogP contribution is -2.29. The number of anilines is 1. The van der Waals surface area contributed by atoms with Gasteiger partial charge in [0, 0.05) is 23.7 Å². The minimum absolute atomic E-state index is 0.0615. The molecule has 1 amide bonds. The second-order valence-corrected chi connectivity index (χ2v) is 11.4. The summed E-state index contributed by atoms with van der Waals surface area (Å²) in [6.45, 7) is 2.71. The highest BCUT2D eigenvalue weighted by Crippen LogP contribution is 2.44. The third-order valence-corrected chi connectivity index (χ3v) is 8.63. The zero-order valence-electron chi connectivity index (χ0n) is 22.2. The van der Waals surface area contributed by atoms with Crippen molar-refractivity contribution in [1.82, 2.24) is 15.2 Å². The number of hydrogen-bond acceptors (Lipinski definition) is 9. The molecule has 2 aromatic carbocycles. The van der Waals surface area contributed by atoms with Crippen LogP contribution in [0.15, 0.2) is 83.0 Å². The molecule has 11 heteroatoms. The number of nitrogens with zero attached hydrogens (tertiary/aromatic N) is 4. The number of benzene rings is 2. The zero-order valence-corrected chi connectivity index (χ0v) is 23.8. The molecule has 1 N–H and O–H groups in total. The SMILES string of the molecule is CCCCCOc1ccc(C2C(=C(O)c3ccncc3)C(=O)C(=O)N2c2nnc(SCc3ccccc3F)s2)cc1. The molecule has 0 radical (unpaired) electrons. The fraction of sp³-hybridized carbons (Fsp3) is 0.233. The number of hydrogen-bond donors (Lipinski definition) is 1. The fourth-order valence-electron chi connectivity index (χ4n) is 4.41. The summed E-state index contributed by atoms with van der Waals surface area (Å²) < 4.78 is 20.4. The Hall–Kier alpha value is -4.09. The van der Waals surface area contributed by atoms with Gasteiger partial charge in [0.15, 0.2) is 4.34 Å². The lowest BCUT2D eigenvalue weighted by atomic mass is 9.95. The number of ketones is 1. The van der Waals surface area contributed by atoms with Crippen molar-refractivity contribution in [3.63, 3.8) is 0 Å². The molecule has 1 saturated heterocycles. The number of unbranched alkanes of at least 4 members (excludes halogenated alkanes) is 2. The molecule has 210 valence electrons. The van der Waals surface area contributed by atoms with Crippen molar-refractivity contribution in [2.45, 2.75) is 42.3 Å². The van der Waals surface area contributed by atoms with Gasteiger partial charge in [-0.15, -0.1) is 10.2 Å². The van der Waals surface area contributed by atoms with Gasteiger partial charge in [0.25, 0.3) is 5.78 Å². The predicted molar refractivity (Wildman–Crippen MR) is 156 cm³/mol. The van der Waals surface area contributed by atoms with Crippen LogP contribution < -0.4 is 9.64 Å². The van der Waals surface area contributed by atoms with Crippen LogP contribution in [0.2, 0.25) is 0 Å². The maximum Gasteiger partial charge on any atom is 0.301 e. The topological polar surface area (TPSA) is 106 Å². The second-order valence-electron chi connectivity index (χ2n) is 9.26. The predicted octanol–water partition coefficient (Wildman–Crippen LogP) is 6.56. The number of Topliss-reactive ketones (excluding diaryl/α,β-unsaturated/α-hetero) is 1. The van der Waals surface area contributed by atoms with Gasteiger partial charge in [-0.05, 0) is 47.9 Å². The highest BCUT2D eigenvalue weighted by atomic mass is 32.2. The van der Waals surface area contributed by atoms with Crippen molar-refractivity contribution >= 4 is 45.7 Å². The van der Waals surface area contributed by atoms with E-state index >= 15 is 0 Å². The number of aliphatic hydroxyl groups is 1. The van der Waals surface area contributed by atoms with Crippen LogP contribution in [0.4, 0.5) is 9.52 Å². The van der Waals surface area contributed by atoms with Crippen LogP contribution in [0.5, 0.6) is 5.75 Å². The molecule has 1 fully saturated rings. The Morgan fingerprint density at radius 1 is 1.05 bits per heavy atom. The molecule has 1 aliphatic heterocycles. The molecule has 0 spiro atoms. The maximum atomic E-state index is 14.1. The monoisotopic (exact) mass is 590 g/mol. The number of aliphatic hydroxyl groups excluding tert-OH is 1.